The first-order valence-corrected chi connectivity index (χ1v) is 9.72. The van der Waals surface area contributed by atoms with Crippen LogP contribution in [0.15, 0.2) is 40.9 Å². The molecule has 2 aliphatic rings. The van der Waals surface area contributed by atoms with Gasteiger partial charge in [-0.3, -0.25) is 14.5 Å². The van der Waals surface area contributed by atoms with Crippen molar-refractivity contribution in [1.29, 1.82) is 0 Å². The molecule has 1 unspecified atom stereocenters. The molecule has 2 aromatic carbocycles. The van der Waals surface area contributed by atoms with Crippen LogP contribution in [0, 0.1) is 0 Å². The Hall–Kier alpha value is -2.74. The number of rotatable bonds is 4. The molecule has 0 radical (unpaired) electrons. The van der Waals surface area contributed by atoms with E-state index in [4.69, 9.17) is 14.2 Å². The van der Waals surface area contributed by atoms with E-state index in [1.165, 1.54) is 4.90 Å². The van der Waals surface area contributed by atoms with E-state index in [2.05, 4.69) is 21.2 Å². The summed E-state index contributed by atoms with van der Waals surface area (Å²) in [6, 6.07) is 10.7. The summed E-state index contributed by atoms with van der Waals surface area (Å²) in [5.74, 6) is 1.44. The number of fused-ring (bicyclic) bond motifs is 2. The van der Waals surface area contributed by atoms with Crippen LogP contribution in [-0.2, 0) is 9.59 Å². The first-order chi connectivity index (χ1) is 13.5. The number of halogens is 1. The van der Waals surface area contributed by atoms with Gasteiger partial charge >= 0.3 is 0 Å². The van der Waals surface area contributed by atoms with Crippen LogP contribution in [0.3, 0.4) is 0 Å². The summed E-state index contributed by atoms with van der Waals surface area (Å²) in [6.45, 7) is 2.76. The van der Waals surface area contributed by atoms with Gasteiger partial charge in [-0.05, 0) is 42.8 Å². The molecular weight excluding hydrogens is 428 g/mol. The van der Waals surface area contributed by atoms with Crippen molar-refractivity contribution in [2.45, 2.75) is 13.0 Å². The molecule has 2 heterocycles. The maximum absolute atomic E-state index is 12.6. The van der Waals surface area contributed by atoms with Crippen LogP contribution in [0.5, 0.6) is 17.2 Å². The van der Waals surface area contributed by atoms with Gasteiger partial charge in [0, 0.05) is 4.47 Å². The Labute approximate surface area is 170 Å². The zero-order valence-corrected chi connectivity index (χ0v) is 16.8. The minimum atomic E-state index is -0.258. The maximum atomic E-state index is 12.6. The van der Waals surface area contributed by atoms with E-state index in [0.717, 1.165) is 10.0 Å². The number of amides is 2. The Morgan fingerprint density at radius 2 is 1.89 bits per heavy atom. The standard InChI is InChI=1S/C20H19BrN2O5/c1-12(13-2-5-16-18(8-13)27-7-6-26-16)22-19(24)10-23-15-4-3-14(21)9-17(15)28-11-20(23)25/h2-5,8-9,12H,6-7,10-11H2,1H3,(H,22,24). The summed E-state index contributed by atoms with van der Waals surface area (Å²) in [5.41, 5.74) is 1.48. The predicted molar refractivity (Wildman–Crippen MR) is 106 cm³/mol. The van der Waals surface area contributed by atoms with Crippen molar-refractivity contribution in [1.82, 2.24) is 5.32 Å². The van der Waals surface area contributed by atoms with Gasteiger partial charge in [0.05, 0.1) is 11.7 Å². The maximum Gasteiger partial charge on any atom is 0.265 e. The first-order valence-electron chi connectivity index (χ1n) is 8.93. The molecule has 0 bridgehead atoms. The number of nitrogens with zero attached hydrogens (tertiary/aromatic N) is 1. The summed E-state index contributed by atoms with van der Waals surface area (Å²) in [7, 11) is 0. The van der Waals surface area contributed by atoms with Gasteiger partial charge in [0.1, 0.15) is 25.5 Å². The molecule has 28 heavy (non-hydrogen) atoms. The smallest absolute Gasteiger partial charge is 0.265 e. The van der Waals surface area contributed by atoms with Gasteiger partial charge in [-0.1, -0.05) is 22.0 Å². The number of hydrogen-bond acceptors (Lipinski definition) is 5. The number of hydrogen-bond donors (Lipinski definition) is 1. The van der Waals surface area contributed by atoms with Crippen LogP contribution in [0.25, 0.3) is 0 Å². The van der Waals surface area contributed by atoms with Crippen LogP contribution in [0.2, 0.25) is 0 Å². The highest BCUT2D eigenvalue weighted by molar-refractivity contribution is 9.10. The molecule has 2 aliphatic heterocycles. The molecule has 1 atom stereocenters. The van der Waals surface area contributed by atoms with Crippen molar-refractivity contribution in [2.24, 2.45) is 0 Å². The molecule has 7 nitrogen and oxygen atoms in total. The van der Waals surface area contributed by atoms with Gasteiger partial charge < -0.3 is 19.5 Å². The minimum Gasteiger partial charge on any atom is -0.486 e. The molecule has 2 aromatic rings. The van der Waals surface area contributed by atoms with Crippen LogP contribution in [0.4, 0.5) is 5.69 Å². The van der Waals surface area contributed by atoms with Gasteiger partial charge in [-0.2, -0.15) is 0 Å². The van der Waals surface area contributed by atoms with Crippen LogP contribution < -0.4 is 24.4 Å². The third-order valence-corrected chi connectivity index (χ3v) is 5.10. The minimum absolute atomic E-state index is 0.0777. The summed E-state index contributed by atoms with van der Waals surface area (Å²) < 4.78 is 17.4. The Balaban J connectivity index is 1.45. The van der Waals surface area contributed by atoms with Gasteiger partial charge in [-0.25, -0.2) is 0 Å². The number of nitrogens with one attached hydrogen (secondary N) is 1. The highest BCUT2D eigenvalue weighted by Crippen LogP contribution is 2.35. The molecule has 8 heteroatoms. The molecular formula is C20H19BrN2O5. The second kappa shape index (κ2) is 7.71. The number of ether oxygens (including phenoxy) is 3. The molecule has 0 spiro atoms. The van der Waals surface area contributed by atoms with Crippen molar-refractivity contribution < 1.29 is 23.8 Å². The lowest BCUT2D eigenvalue weighted by Crippen LogP contribution is -2.45. The van der Waals surface area contributed by atoms with Crippen molar-refractivity contribution in [2.75, 3.05) is 31.3 Å². The highest BCUT2D eigenvalue weighted by atomic mass is 79.9. The third-order valence-electron chi connectivity index (χ3n) is 4.61. The molecule has 0 aromatic heterocycles. The molecule has 2 amide bonds. The van der Waals surface area contributed by atoms with Crippen LogP contribution in [0.1, 0.15) is 18.5 Å². The monoisotopic (exact) mass is 446 g/mol. The van der Waals surface area contributed by atoms with Gasteiger partial charge in [0.25, 0.3) is 5.91 Å². The molecule has 146 valence electrons. The Bertz CT molecular complexity index is 933. The summed E-state index contributed by atoms with van der Waals surface area (Å²) >= 11 is 3.38. The van der Waals surface area contributed by atoms with Crippen molar-refractivity contribution >= 4 is 33.4 Å². The molecule has 0 saturated carbocycles. The van der Waals surface area contributed by atoms with E-state index in [-0.39, 0.29) is 31.0 Å². The predicted octanol–water partition coefficient (Wildman–Crippen LogP) is 2.82. The molecule has 4 rings (SSSR count). The van der Waals surface area contributed by atoms with Crippen molar-refractivity contribution in [3.63, 3.8) is 0 Å². The number of carbonyl (C=O) groups excluding carboxylic acids is 2. The van der Waals surface area contributed by atoms with Crippen molar-refractivity contribution in [3.8, 4) is 17.2 Å². The van der Waals surface area contributed by atoms with Crippen LogP contribution in [-0.4, -0.2) is 38.2 Å². The highest BCUT2D eigenvalue weighted by Gasteiger charge is 2.28. The van der Waals surface area contributed by atoms with Gasteiger partial charge in [-0.15, -0.1) is 0 Å². The summed E-state index contributed by atoms with van der Waals surface area (Å²) in [5, 5.41) is 2.93. The zero-order valence-electron chi connectivity index (χ0n) is 15.2. The Morgan fingerprint density at radius 3 is 2.71 bits per heavy atom. The number of carbonyl (C=O) groups is 2. The normalized spacial score (nSPS) is 16.1. The average molecular weight is 447 g/mol. The van der Waals surface area contributed by atoms with E-state index >= 15 is 0 Å². The van der Waals surface area contributed by atoms with Gasteiger partial charge in [0.2, 0.25) is 5.91 Å². The van der Waals surface area contributed by atoms with Gasteiger partial charge in [0.15, 0.2) is 18.1 Å². The molecule has 0 aliphatic carbocycles. The Morgan fingerprint density at radius 1 is 1.11 bits per heavy atom. The van der Waals surface area contributed by atoms with E-state index in [9.17, 15) is 9.59 Å². The molecule has 0 saturated heterocycles. The molecule has 1 N–H and O–H groups in total. The van der Waals surface area contributed by atoms with E-state index in [1.807, 2.05) is 31.2 Å². The third kappa shape index (κ3) is 3.77. The second-order valence-corrected chi connectivity index (χ2v) is 7.49. The average Bonchev–Trinajstić information content (AvgIpc) is 2.69. The zero-order chi connectivity index (χ0) is 19.7. The fourth-order valence-electron chi connectivity index (χ4n) is 3.20. The number of benzene rings is 2. The van der Waals surface area contributed by atoms with E-state index in [1.54, 1.807) is 12.1 Å². The lowest BCUT2D eigenvalue weighted by molar-refractivity contribution is -0.125. The topological polar surface area (TPSA) is 77.1 Å². The van der Waals surface area contributed by atoms with Crippen molar-refractivity contribution in [3.05, 3.63) is 46.4 Å². The number of anilines is 1. The lowest BCUT2D eigenvalue weighted by Gasteiger charge is -2.29. The largest absolute Gasteiger partial charge is 0.486 e. The molecule has 0 fully saturated rings. The first kappa shape index (κ1) is 18.6. The Kier molecular flexibility index (Phi) is 5.13. The fraction of sp³-hybridized carbons (Fsp3) is 0.300. The quantitative estimate of drug-likeness (QED) is 0.780. The SMILES string of the molecule is CC(NC(=O)CN1C(=O)COc2cc(Br)ccc21)c1ccc2c(c1)OCCO2. The fourth-order valence-corrected chi connectivity index (χ4v) is 3.54. The lowest BCUT2D eigenvalue weighted by atomic mass is 10.1. The van der Waals surface area contributed by atoms with Crippen LogP contribution >= 0.6 is 15.9 Å². The second-order valence-electron chi connectivity index (χ2n) is 6.57. The van der Waals surface area contributed by atoms with E-state index < -0.39 is 0 Å². The summed E-state index contributed by atoms with van der Waals surface area (Å²) in [4.78, 5) is 26.3. The van der Waals surface area contributed by atoms with E-state index in [0.29, 0.717) is 36.1 Å². The summed E-state index contributed by atoms with van der Waals surface area (Å²) in [6.07, 6.45) is 0.